The standard InChI is InChI=1S/C21H22N2O3/c1-3-25-19-10-9-18(13-20(19)26-4-2)22-21(24)15-23-12-11-16-7-5-6-8-17(16)14-23/h5-14H,3-4,15H2,1-2H3/p+1. The molecule has 0 aliphatic carbocycles. The zero-order chi connectivity index (χ0) is 18.4. The molecule has 0 unspecified atom stereocenters. The first-order valence-corrected chi connectivity index (χ1v) is 8.77. The molecule has 0 spiro atoms. The van der Waals surface area contributed by atoms with Crippen LogP contribution in [0, 0.1) is 0 Å². The van der Waals surface area contributed by atoms with Gasteiger partial charge in [-0.2, -0.15) is 4.57 Å². The average Bonchev–Trinajstić information content (AvgIpc) is 2.64. The highest BCUT2D eigenvalue weighted by atomic mass is 16.5. The van der Waals surface area contributed by atoms with Gasteiger partial charge in [0.1, 0.15) is 0 Å². The summed E-state index contributed by atoms with van der Waals surface area (Å²) >= 11 is 0. The van der Waals surface area contributed by atoms with Gasteiger partial charge in [-0.3, -0.25) is 4.79 Å². The molecule has 3 rings (SSSR count). The second-order valence-corrected chi connectivity index (χ2v) is 5.82. The topological polar surface area (TPSA) is 51.4 Å². The van der Waals surface area contributed by atoms with Gasteiger partial charge >= 0.3 is 0 Å². The molecule has 0 saturated heterocycles. The first kappa shape index (κ1) is 17.7. The molecule has 26 heavy (non-hydrogen) atoms. The molecule has 5 nitrogen and oxygen atoms in total. The van der Waals surface area contributed by atoms with Crippen LogP contribution >= 0.6 is 0 Å². The van der Waals surface area contributed by atoms with Crippen molar-refractivity contribution in [3.05, 3.63) is 60.9 Å². The first-order chi connectivity index (χ1) is 12.7. The molecule has 1 amide bonds. The summed E-state index contributed by atoms with van der Waals surface area (Å²) in [6.07, 6.45) is 3.88. The smallest absolute Gasteiger partial charge is 0.290 e. The number of fused-ring (bicyclic) bond motifs is 1. The van der Waals surface area contributed by atoms with Gasteiger partial charge in [0.2, 0.25) is 6.54 Å². The highest BCUT2D eigenvalue weighted by Gasteiger charge is 2.12. The van der Waals surface area contributed by atoms with Crippen LogP contribution in [0.1, 0.15) is 13.8 Å². The lowest BCUT2D eigenvalue weighted by atomic mass is 10.2. The third-order valence-corrected chi connectivity index (χ3v) is 3.90. The van der Waals surface area contributed by atoms with Crippen molar-refractivity contribution in [1.82, 2.24) is 0 Å². The molecule has 0 aliphatic rings. The number of nitrogens with one attached hydrogen (secondary N) is 1. The number of hydrogen-bond acceptors (Lipinski definition) is 3. The van der Waals surface area contributed by atoms with E-state index in [4.69, 9.17) is 9.47 Å². The Morgan fingerprint density at radius 2 is 1.69 bits per heavy atom. The van der Waals surface area contributed by atoms with Crippen LogP contribution in [0.5, 0.6) is 11.5 Å². The van der Waals surface area contributed by atoms with E-state index in [9.17, 15) is 4.79 Å². The minimum absolute atomic E-state index is 0.100. The molecule has 5 heteroatoms. The number of aromatic nitrogens is 1. The highest BCUT2D eigenvalue weighted by Crippen LogP contribution is 2.30. The van der Waals surface area contributed by atoms with Gasteiger partial charge in [0.15, 0.2) is 23.9 Å². The lowest BCUT2D eigenvalue weighted by molar-refractivity contribution is -0.682. The maximum absolute atomic E-state index is 12.4. The van der Waals surface area contributed by atoms with E-state index in [1.165, 1.54) is 0 Å². The third kappa shape index (κ3) is 4.30. The third-order valence-electron chi connectivity index (χ3n) is 3.90. The van der Waals surface area contributed by atoms with Crippen molar-refractivity contribution < 1.29 is 18.8 Å². The van der Waals surface area contributed by atoms with Crippen molar-refractivity contribution >= 4 is 22.4 Å². The van der Waals surface area contributed by atoms with Crippen LogP contribution in [0.4, 0.5) is 5.69 Å². The van der Waals surface area contributed by atoms with Gasteiger partial charge in [-0.15, -0.1) is 0 Å². The Bertz CT molecular complexity index is 909. The number of carbonyl (C=O) groups is 1. The van der Waals surface area contributed by atoms with Gasteiger partial charge in [0, 0.05) is 23.2 Å². The number of pyridine rings is 1. The van der Waals surface area contributed by atoms with Crippen molar-refractivity contribution in [2.45, 2.75) is 20.4 Å². The van der Waals surface area contributed by atoms with E-state index < -0.39 is 0 Å². The maximum Gasteiger partial charge on any atom is 0.290 e. The summed E-state index contributed by atoms with van der Waals surface area (Å²) in [4.78, 5) is 12.4. The normalized spacial score (nSPS) is 10.5. The quantitative estimate of drug-likeness (QED) is 0.662. The van der Waals surface area contributed by atoms with E-state index in [0.29, 0.717) is 30.4 Å². The predicted molar refractivity (Wildman–Crippen MR) is 102 cm³/mol. The van der Waals surface area contributed by atoms with Crippen molar-refractivity contribution in [2.24, 2.45) is 0 Å². The van der Waals surface area contributed by atoms with Gasteiger partial charge in [0.05, 0.1) is 13.2 Å². The van der Waals surface area contributed by atoms with Crippen molar-refractivity contribution in [1.29, 1.82) is 0 Å². The van der Waals surface area contributed by atoms with Crippen LogP contribution in [-0.4, -0.2) is 19.1 Å². The fourth-order valence-electron chi connectivity index (χ4n) is 2.77. The predicted octanol–water partition coefficient (Wildman–Crippen LogP) is 3.56. The number of amides is 1. The van der Waals surface area contributed by atoms with E-state index in [1.807, 2.05) is 67.2 Å². The molecule has 134 valence electrons. The summed E-state index contributed by atoms with van der Waals surface area (Å²) in [7, 11) is 0. The second-order valence-electron chi connectivity index (χ2n) is 5.82. The second kappa shape index (κ2) is 8.34. The van der Waals surface area contributed by atoms with Crippen LogP contribution in [0.15, 0.2) is 60.9 Å². The molecule has 1 aromatic heterocycles. The molecular weight excluding hydrogens is 328 g/mol. The fraction of sp³-hybridized carbons (Fsp3) is 0.238. The number of hydrogen-bond donors (Lipinski definition) is 1. The van der Waals surface area contributed by atoms with Gasteiger partial charge in [-0.05, 0) is 37.4 Å². The summed E-state index contributed by atoms with van der Waals surface area (Å²) in [5.74, 6) is 1.21. The van der Waals surface area contributed by atoms with Gasteiger partial charge in [-0.25, -0.2) is 0 Å². The van der Waals surface area contributed by atoms with E-state index in [-0.39, 0.29) is 12.5 Å². The SMILES string of the molecule is CCOc1ccc(NC(=O)C[n+]2ccc3ccccc3c2)cc1OCC. The molecule has 0 fully saturated rings. The van der Waals surface area contributed by atoms with Crippen molar-refractivity contribution in [3.8, 4) is 11.5 Å². The number of anilines is 1. The monoisotopic (exact) mass is 351 g/mol. The van der Waals surface area contributed by atoms with Gasteiger partial charge in [0.25, 0.3) is 5.91 Å². The minimum Gasteiger partial charge on any atom is -0.490 e. The number of nitrogens with zero attached hydrogens (tertiary/aromatic N) is 1. The summed E-state index contributed by atoms with van der Waals surface area (Å²) < 4.78 is 13.0. The Balaban J connectivity index is 1.71. The van der Waals surface area contributed by atoms with Crippen LogP contribution in [0.2, 0.25) is 0 Å². The molecule has 0 radical (unpaired) electrons. The van der Waals surface area contributed by atoms with E-state index >= 15 is 0 Å². The molecule has 1 N–H and O–H groups in total. The van der Waals surface area contributed by atoms with Crippen LogP contribution < -0.4 is 19.4 Å². The largest absolute Gasteiger partial charge is 0.490 e. The molecular formula is C21H23N2O3+. The molecule has 3 aromatic rings. The molecule has 0 bridgehead atoms. The van der Waals surface area contributed by atoms with Crippen molar-refractivity contribution in [3.63, 3.8) is 0 Å². The minimum atomic E-state index is -0.100. The number of carbonyl (C=O) groups excluding carboxylic acids is 1. The molecule has 0 saturated carbocycles. The molecule has 0 atom stereocenters. The molecule has 0 aliphatic heterocycles. The first-order valence-electron chi connectivity index (χ1n) is 8.77. The Hall–Kier alpha value is -3.08. The van der Waals surface area contributed by atoms with E-state index in [0.717, 1.165) is 10.8 Å². The highest BCUT2D eigenvalue weighted by molar-refractivity contribution is 5.90. The Morgan fingerprint density at radius 3 is 2.46 bits per heavy atom. The van der Waals surface area contributed by atoms with Gasteiger partial charge < -0.3 is 14.8 Å². The molecule has 2 aromatic carbocycles. The van der Waals surface area contributed by atoms with Crippen LogP contribution in [0.3, 0.4) is 0 Å². The summed E-state index contributed by atoms with van der Waals surface area (Å²) in [5, 5.41) is 5.16. The lowest BCUT2D eigenvalue weighted by Gasteiger charge is -2.12. The number of rotatable bonds is 7. The van der Waals surface area contributed by atoms with E-state index in [1.54, 1.807) is 6.07 Å². The Labute approximate surface area is 153 Å². The van der Waals surface area contributed by atoms with Crippen LogP contribution in [-0.2, 0) is 11.3 Å². The lowest BCUT2D eigenvalue weighted by Crippen LogP contribution is -2.39. The fourth-order valence-corrected chi connectivity index (χ4v) is 2.77. The summed E-state index contributed by atoms with van der Waals surface area (Å²) in [6.45, 7) is 5.17. The average molecular weight is 351 g/mol. The van der Waals surface area contributed by atoms with Crippen molar-refractivity contribution in [2.75, 3.05) is 18.5 Å². The summed E-state index contributed by atoms with van der Waals surface area (Å²) in [6, 6.07) is 15.5. The van der Waals surface area contributed by atoms with E-state index in [2.05, 4.69) is 11.4 Å². The van der Waals surface area contributed by atoms with Gasteiger partial charge in [-0.1, -0.05) is 18.2 Å². The zero-order valence-electron chi connectivity index (χ0n) is 15.1. The number of ether oxygens (including phenoxy) is 2. The molecule has 1 heterocycles. The number of benzene rings is 2. The van der Waals surface area contributed by atoms with Crippen LogP contribution in [0.25, 0.3) is 10.8 Å². The maximum atomic E-state index is 12.4. The Kier molecular flexibility index (Phi) is 5.69. The Morgan fingerprint density at radius 1 is 0.962 bits per heavy atom. The zero-order valence-corrected chi connectivity index (χ0v) is 15.1. The summed E-state index contributed by atoms with van der Waals surface area (Å²) in [5.41, 5.74) is 0.684.